The Hall–Kier alpha value is -2.21. The summed E-state index contributed by atoms with van der Waals surface area (Å²) in [7, 11) is 0. The van der Waals surface area contributed by atoms with Crippen LogP contribution in [-0.2, 0) is 4.79 Å². The number of amides is 1. The number of nitrogens with zero attached hydrogens (tertiary/aromatic N) is 2. The number of anilines is 1. The highest BCUT2D eigenvalue weighted by molar-refractivity contribution is 5.92. The van der Waals surface area contributed by atoms with E-state index < -0.39 is 0 Å². The molecule has 2 aromatic rings. The topological polar surface area (TPSA) is 94.0 Å². The van der Waals surface area contributed by atoms with Gasteiger partial charge in [0, 0.05) is 17.8 Å². The van der Waals surface area contributed by atoms with Crippen molar-refractivity contribution in [3.63, 3.8) is 0 Å². The molecule has 1 aromatic heterocycles. The second-order valence-electron chi connectivity index (χ2n) is 4.15. The third-order valence-corrected chi connectivity index (χ3v) is 2.91. The monoisotopic (exact) mass is 260 g/mol. The number of carbonyl (C=O) groups excluding carboxylic acids is 1. The van der Waals surface area contributed by atoms with Crippen LogP contribution in [0.1, 0.15) is 13.3 Å². The molecule has 1 atom stereocenters. The van der Waals surface area contributed by atoms with Crippen LogP contribution in [0.25, 0.3) is 11.5 Å². The molecule has 0 aliphatic heterocycles. The van der Waals surface area contributed by atoms with Crippen LogP contribution >= 0.6 is 0 Å². The van der Waals surface area contributed by atoms with Gasteiger partial charge in [-0.05, 0) is 30.7 Å². The summed E-state index contributed by atoms with van der Waals surface area (Å²) < 4.78 is 5.09. The Morgan fingerprint density at radius 1 is 1.42 bits per heavy atom. The molecule has 100 valence electrons. The standard InChI is InChI=1S/C13H16N4O2/c1-2-9(7-14)12(18)16-11-5-3-10(4-6-11)13-17-15-8-19-13/h3-6,8-9H,2,7,14H2,1H3,(H,16,18). The maximum Gasteiger partial charge on any atom is 0.247 e. The van der Waals surface area contributed by atoms with Crippen LogP contribution in [0.5, 0.6) is 0 Å². The highest BCUT2D eigenvalue weighted by Crippen LogP contribution is 2.19. The number of rotatable bonds is 5. The zero-order valence-electron chi connectivity index (χ0n) is 10.7. The molecule has 19 heavy (non-hydrogen) atoms. The van der Waals surface area contributed by atoms with Crippen LogP contribution < -0.4 is 11.1 Å². The lowest BCUT2D eigenvalue weighted by Crippen LogP contribution is -2.28. The first-order valence-corrected chi connectivity index (χ1v) is 6.12. The van der Waals surface area contributed by atoms with E-state index in [0.717, 1.165) is 17.7 Å². The number of benzene rings is 1. The van der Waals surface area contributed by atoms with E-state index in [0.29, 0.717) is 12.4 Å². The highest BCUT2D eigenvalue weighted by atomic mass is 16.4. The number of aromatic nitrogens is 2. The minimum Gasteiger partial charge on any atom is -0.423 e. The van der Waals surface area contributed by atoms with Crippen LogP contribution in [0.3, 0.4) is 0 Å². The van der Waals surface area contributed by atoms with Gasteiger partial charge < -0.3 is 15.5 Å². The minimum absolute atomic E-state index is 0.0597. The molecule has 6 heteroatoms. The Labute approximate surface area is 111 Å². The quantitative estimate of drug-likeness (QED) is 0.852. The van der Waals surface area contributed by atoms with Crippen LogP contribution in [-0.4, -0.2) is 22.6 Å². The van der Waals surface area contributed by atoms with Crippen LogP contribution in [0.2, 0.25) is 0 Å². The smallest absolute Gasteiger partial charge is 0.247 e. The Kier molecular flexibility index (Phi) is 4.25. The van der Waals surface area contributed by atoms with E-state index in [4.69, 9.17) is 10.2 Å². The van der Waals surface area contributed by atoms with E-state index in [2.05, 4.69) is 15.5 Å². The lowest BCUT2D eigenvalue weighted by molar-refractivity contribution is -0.119. The summed E-state index contributed by atoms with van der Waals surface area (Å²) in [5.74, 6) is 0.234. The van der Waals surface area contributed by atoms with Gasteiger partial charge in [-0.15, -0.1) is 10.2 Å². The Morgan fingerprint density at radius 3 is 2.68 bits per heavy atom. The van der Waals surface area contributed by atoms with Crippen LogP contribution in [0, 0.1) is 5.92 Å². The zero-order chi connectivity index (χ0) is 13.7. The van der Waals surface area contributed by atoms with Crippen LogP contribution in [0.4, 0.5) is 5.69 Å². The fourth-order valence-electron chi connectivity index (χ4n) is 1.70. The third kappa shape index (κ3) is 3.17. The minimum atomic E-state index is -0.157. The zero-order valence-corrected chi connectivity index (χ0v) is 10.7. The van der Waals surface area contributed by atoms with E-state index in [-0.39, 0.29) is 11.8 Å². The fraction of sp³-hybridized carbons (Fsp3) is 0.308. The van der Waals surface area contributed by atoms with Gasteiger partial charge in [-0.2, -0.15) is 0 Å². The van der Waals surface area contributed by atoms with Gasteiger partial charge in [0.2, 0.25) is 18.2 Å². The van der Waals surface area contributed by atoms with Crippen molar-refractivity contribution in [2.75, 3.05) is 11.9 Å². The molecule has 0 fully saturated rings. The first kappa shape index (κ1) is 13.2. The van der Waals surface area contributed by atoms with Crippen molar-refractivity contribution >= 4 is 11.6 Å². The summed E-state index contributed by atoms with van der Waals surface area (Å²) in [6.45, 7) is 2.29. The maximum absolute atomic E-state index is 11.9. The first-order chi connectivity index (χ1) is 9.24. The maximum atomic E-state index is 11.9. The Bertz CT molecular complexity index is 518. The molecule has 1 amide bonds. The third-order valence-electron chi connectivity index (χ3n) is 2.91. The van der Waals surface area contributed by atoms with E-state index in [9.17, 15) is 4.79 Å². The van der Waals surface area contributed by atoms with Crippen molar-refractivity contribution in [3.8, 4) is 11.5 Å². The van der Waals surface area contributed by atoms with Crippen molar-refractivity contribution in [2.24, 2.45) is 11.7 Å². The number of hydrogen-bond acceptors (Lipinski definition) is 5. The van der Waals surface area contributed by atoms with E-state index in [1.807, 2.05) is 19.1 Å². The molecular weight excluding hydrogens is 244 g/mol. The lowest BCUT2D eigenvalue weighted by atomic mass is 10.1. The normalized spacial score (nSPS) is 12.1. The van der Waals surface area contributed by atoms with Gasteiger partial charge >= 0.3 is 0 Å². The average Bonchev–Trinajstić information content (AvgIpc) is 2.95. The van der Waals surface area contributed by atoms with Gasteiger partial charge in [0.05, 0.1) is 5.92 Å². The van der Waals surface area contributed by atoms with Crippen molar-refractivity contribution in [2.45, 2.75) is 13.3 Å². The van der Waals surface area contributed by atoms with Crippen molar-refractivity contribution in [1.82, 2.24) is 10.2 Å². The Morgan fingerprint density at radius 2 is 2.16 bits per heavy atom. The lowest BCUT2D eigenvalue weighted by Gasteiger charge is -2.12. The summed E-state index contributed by atoms with van der Waals surface area (Å²) >= 11 is 0. The SMILES string of the molecule is CCC(CN)C(=O)Nc1ccc(-c2nnco2)cc1. The van der Waals surface area contributed by atoms with Gasteiger partial charge in [0.25, 0.3) is 0 Å². The molecule has 0 radical (unpaired) electrons. The second kappa shape index (κ2) is 6.10. The molecule has 0 aliphatic carbocycles. The van der Waals surface area contributed by atoms with E-state index in [1.54, 1.807) is 12.1 Å². The van der Waals surface area contributed by atoms with Gasteiger partial charge in [-0.1, -0.05) is 6.92 Å². The second-order valence-corrected chi connectivity index (χ2v) is 4.15. The molecule has 0 saturated carbocycles. The fourth-order valence-corrected chi connectivity index (χ4v) is 1.70. The molecule has 3 N–H and O–H groups in total. The molecule has 0 spiro atoms. The summed E-state index contributed by atoms with van der Waals surface area (Å²) in [5, 5.41) is 10.3. The molecule has 6 nitrogen and oxygen atoms in total. The molecule has 0 saturated heterocycles. The molecule has 2 rings (SSSR count). The first-order valence-electron chi connectivity index (χ1n) is 6.12. The van der Waals surface area contributed by atoms with Gasteiger partial charge in [-0.25, -0.2) is 0 Å². The molecule has 0 aliphatic rings. The van der Waals surface area contributed by atoms with Gasteiger partial charge in [0.15, 0.2) is 0 Å². The number of nitrogens with one attached hydrogen (secondary N) is 1. The van der Waals surface area contributed by atoms with Crippen molar-refractivity contribution in [1.29, 1.82) is 0 Å². The predicted octanol–water partition coefficient (Wildman–Crippen LogP) is 1.66. The van der Waals surface area contributed by atoms with Crippen LogP contribution in [0.15, 0.2) is 35.1 Å². The van der Waals surface area contributed by atoms with Crippen molar-refractivity contribution < 1.29 is 9.21 Å². The summed E-state index contributed by atoms with van der Waals surface area (Å²) in [4.78, 5) is 11.9. The summed E-state index contributed by atoms with van der Waals surface area (Å²) in [6.07, 6.45) is 2.00. The number of nitrogens with two attached hydrogens (primary N) is 1. The van der Waals surface area contributed by atoms with Gasteiger partial charge in [0.1, 0.15) is 0 Å². The molecule has 1 aromatic carbocycles. The number of carbonyl (C=O) groups is 1. The van der Waals surface area contributed by atoms with Crippen molar-refractivity contribution in [3.05, 3.63) is 30.7 Å². The highest BCUT2D eigenvalue weighted by Gasteiger charge is 2.14. The number of hydrogen-bond donors (Lipinski definition) is 2. The molecule has 0 bridgehead atoms. The van der Waals surface area contributed by atoms with E-state index in [1.165, 1.54) is 6.39 Å². The predicted molar refractivity (Wildman–Crippen MR) is 71.2 cm³/mol. The largest absolute Gasteiger partial charge is 0.423 e. The Balaban J connectivity index is 2.05. The van der Waals surface area contributed by atoms with Gasteiger partial charge in [-0.3, -0.25) is 4.79 Å². The molecule has 1 heterocycles. The van der Waals surface area contributed by atoms with E-state index >= 15 is 0 Å². The summed E-state index contributed by atoms with van der Waals surface area (Å²) in [6, 6.07) is 7.21. The summed E-state index contributed by atoms with van der Waals surface area (Å²) in [5.41, 5.74) is 7.07. The molecule has 1 unspecified atom stereocenters. The molecular formula is C13H16N4O2. The average molecular weight is 260 g/mol.